The second-order valence-electron chi connectivity index (χ2n) is 6.14. The second-order valence-corrected chi connectivity index (χ2v) is 6.54. The van der Waals surface area contributed by atoms with E-state index in [-0.39, 0.29) is 47.8 Å². The normalized spacial score (nSPS) is 20.1. The zero-order valence-electron chi connectivity index (χ0n) is 14.3. The SMILES string of the molecule is CN(C)C(=O)CO[C@H]1CCOC[C@H]1NC(=O)Cc1ccc(O)c(Cl)c1. The minimum atomic E-state index is -0.316. The molecule has 0 radical (unpaired) electrons. The summed E-state index contributed by atoms with van der Waals surface area (Å²) >= 11 is 5.85. The van der Waals surface area contributed by atoms with Crippen LogP contribution in [0.2, 0.25) is 5.02 Å². The van der Waals surface area contributed by atoms with Crippen molar-refractivity contribution >= 4 is 23.4 Å². The zero-order chi connectivity index (χ0) is 18.4. The fraction of sp³-hybridized carbons (Fsp3) is 0.529. The number of benzene rings is 1. The topological polar surface area (TPSA) is 88.1 Å². The number of carbonyl (C=O) groups is 2. The van der Waals surface area contributed by atoms with E-state index in [1.165, 1.54) is 11.0 Å². The lowest BCUT2D eigenvalue weighted by Gasteiger charge is -2.32. The summed E-state index contributed by atoms with van der Waals surface area (Å²) in [6.07, 6.45) is 0.460. The average Bonchev–Trinajstić information content (AvgIpc) is 2.57. The van der Waals surface area contributed by atoms with Crippen molar-refractivity contribution in [2.45, 2.75) is 25.0 Å². The average molecular weight is 371 g/mol. The van der Waals surface area contributed by atoms with Gasteiger partial charge in [0, 0.05) is 20.7 Å². The smallest absolute Gasteiger partial charge is 0.248 e. The summed E-state index contributed by atoms with van der Waals surface area (Å²) in [5.41, 5.74) is 0.692. The number of hydrogen-bond acceptors (Lipinski definition) is 5. The number of likely N-dealkylation sites (N-methyl/N-ethyl adjacent to an activating group) is 1. The van der Waals surface area contributed by atoms with Crippen LogP contribution in [0.25, 0.3) is 0 Å². The number of aromatic hydroxyl groups is 1. The Balaban J connectivity index is 1.89. The van der Waals surface area contributed by atoms with Gasteiger partial charge in [0.15, 0.2) is 0 Å². The van der Waals surface area contributed by atoms with Crippen LogP contribution in [0.3, 0.4) is 0 Å². The Kier molecular flexibility index (Phi) is 7.04. The van der Waals surface area contributed by atoms with Crippen LogP contribution in [-0.2, 0) is 25.5 Å². The number of nitrogens with one attached hydrogen (secondary N) is 1. The number of carbonyl (C=O) groups excluding carboxylic acids is 2. The molecule has 0 aromatic heterocycles. The van der Waals surface area contributed by atoms with Crippen LogP contribution in [0.15, 0.2) is 18.2 Å². The molecule has 8 heteroatoms. The van der Waals surface area contributed by atoms with E-state index in [2.05, 4.69) is 5.32 Å². The standard InChI is InChI=1S/C17H23ClN2O5/c1-20(2)17(23)10-25-15-5-6-24-9-13(15)19-16(22)8-11-3-4-14(21)12(18)7-11/h3-4,7,13,15,21H,5-6,8-10H2,1-2H3,(H,19,22)/t13-,15+/m1/s1. The number of phenolic OH excluding ortho intramolecular Hbond substituents is 1. The summed E-state index contributed by atoms with van der Waals surface area (Å²) in [6, 6.07) is 4.33. The highest BCUT2D eigenvalue weighted by molar-refractivity contribution is 6.32. The van der Waals surface area contributed by atoms with Gasteiger partial charge in [0.1, 0.15) is 12.4 Å². The number of ether oxygens (including phenoxy) is 2. The number of amides is 2. The third-order valence-electron chi connectivity index (χ3n) is 3.94. The van der Waals surface area contributed by atoms with Crippen molar-refractivity contribution < 1.29 is 24.2 Å². The van der Waals surface area contributed by atoms with Crippen LogP contribution < -0.4 is 5.32 Å². The van der Waals surface area contributed by atoms with Gasteiger partial charge in [-0.25, -0.2) is 0 Å². The number of hydrogen-bond donors (Lipinski definition) is 2. The van der Waals surface area contributed by atoms with E-state index in [1.54, 1.807) is 26.2 Å². The van der Waals surface area contributed by atoms with Crippen molar-refractivity contribution in [3.05, 3.63) is 28.8 Å². The van der Waals surface area contributed by atoms with Gasteiger partial charge >= 0.3 is 0 Å². The predicted octanol–water partition coefficient (Wildman–Crippen LogP) is 0.967. The van der Waals surface area contributed by atoms with Gasteiger partial charge in [0.05, 0.1) is 30.2 Å². The fourth-order valence-corrected chi connectivity index (χ4v) is 2.67. The molecule has 2 rings (SSSR count). The van der Waals surface area contributed by atoms with E-state index in [1.807, 2.05) is 0 Å². The van der Waals surface area contributed by atoms with E-state index in [9.17, 15) is 14.7 Å². The van der Waals surface area contributed by atoms with Crippen LogP contribution in [0.1, 0.15) is 12.0 Å². The highest BCUT2D eigenvalue weighted by Crippen LogP contribution is 2.23. The van der Waals surface area contributed by atoms with Crippen molar-refractivity contribution in [2.24, 2.45) is 0 Å². The highest BCUT2D eigenvalue weighted by atomic mass is 35.5. The molecule has 0 aliphatic carbocycles. The maximum atomic E-state index is 12.3. The van der Waals surface area contributed by atoms with Gasteiger partial charge in [-0.15, -0.1) is 0 Å². The van der Waals surface area contributed by atoms with Crippen molar-refractivity contribution in [1.29, 1.82) is 0 Å². The Morgan fingerprint density at radius 2 is 2.20 bits per heavy atom. The van der Waals surface area contributed by atoms with Gasteiger partial charge in [0.25, 0.3) is 0 Å². The first-order valence-electron chi connectivity index (χ1n) is 8.03. The molecule has 1 aliphatic heterocycles. The molecule has 25 heavy (non-hydrogen) atoms. The molecular weight excluding hydrogens is 348 g/mol. The predicted molar refractivity (Wildman–Crippen MR) is 92.6 cm³/mol. The molecule has 1 aliphatic rings. The summed E-state index contributed by atoms with van der Waals surface area (Å²) in [5, 5.41) is 12.5. The molecule has 0 bridgehead atoms. The number of rotatable bonds is 6. The third-order valence-corrected chi connectivity index (χ3v) is 4.24. The summed E-state index contributed by atoms with van der Waals surface area (Å²) in [4.78, 5) is 25.4. The molecular formula is C17H23ClN2O5. The number of phenols is 1. The minimum Gasteiger partial charge on any atom is -0.506 e. The molecule has 1 aromatic rings. The molecule has 7 nitrogen and oxygen atoms in total. The molecule has 0 unspecified atom stereocenters. The molecule has 2 N–H and O–H groups in total. The molecule has 0 saturated carbocycles. The first-order valence-corrected chi connectivity index (χ1v) is 8.41. The van der Waals surface area contributed by atoms with Gasteiger partial charge in [0.2, 0.25) is 11.8 Å². The van der Waals surface area contributed by atoms with Crippen molar-refractivity contribution in [1.82, 2.24) is 10.2 Å². The first kappa shape index (κ1) is 19.5. The maximum absolute atomic E-state index is 12.3. The van der Waals surface area contributed by atoms with E-state index in [0.717, 1.165) is 0 Å². The van der Waals surface area contributed by atoms with Gasteiger partial charge in [-0.05, 0) is 24.1 Å². The second kappa shape index (κ2) is 9.03. The van der Waals surface area contributed by atoms with Gasteiger partial charge in [-0.1, -0.05) is 17.7 Å². The Morgan fingerprint density at radius 1 is 1.44 bits per heavy atom. The Morgan fingerprint density at radius 3 is 2.88 bits per heavy atom. The van der Waals surface area contributed by atoms with Crippen LogP contribution in [0.4, 0.5) is 0 Å². The highest BCUT2D eigenvalue weighted by Gasteiger charge is 2.28. The molecule has 2 amide bonds. The van der Waals surface area contributed by atoms with Crippen LogP contribution >= 0.6 is 11.6 Å². The molecule has 0 spiro atoms. The molecule has 1 aromatic carbocycles. The lowest BCUT2D eigenvalue weighted by atomic mass is 10.1. The third kappa shape index (κ3) is 5.88. The number of nitrogens with zero attached hydrogens (tertiary/aromatic N) is 1. The fourth-order valence-electron chi connectivity index (χ4n) is 2.46. The summed E-state index contributed by atoms with van der Waals surface area (Å²) < 4.78 is 11.1. The first-order chi connectivity index (χ1) is 11.9. The van der Waals surface area contributed by atoms with Crippen LogP contribution in [-0.4, -0.2) is 67.9 Å². The Hall–Kier alpha value is -1.83. The lowest BCUT2D eigenvalue weighted by Crippen LogP contribution is -2.51. The van der Waals surface area contributed by atoms with Crippen LogP contribution in [0, 0.1) is 0 Å². The summed E-state index contributed by atoms with van der Waals surface area (Å²) in [7, 11) is 3.33. The van der Waals surface area contributed by atoms with Crippen molar-refractivity contribution in [3.8, 4) is 5.75 Å². The lowest BCUT2D eigenvalue weighted by molar-refractivity contribution is -0.140. The molecule has 1 heterocycles. The minimum absolute atomic E-state index is 0.0227. The maximum Gasteiger partial charge on any atom is 0.248 e. The van der Waals surface area contributed by atoms with Crippen LogP contribution in [0.5, 0.6) is 5.75 Å². The monoisotopic (exact) mass is 370 g/mol. The number of halogens is 1. The van der Waals surface area contributed by atoms with Gasteiger partial charge < -0.3 is 24.8 Å². The Labute approximate surface area is 151 Å². The van der Waals surface area contributed by atoms with Crippen molar-refractivity contribution in [2.75, 3.05) is 33.9 Å². The van der Waals surface area contributed by atoms with Gasteiger partial charge in [-0.3, -0.25) is 9.59 Å². The quantitative estimate of drug-likeness (QED) is 0.779. The molecule has 138 valence electrons. The molecule has 1 fully saturated rings. The van der Waals surface area contributed by atoms with E-state index in [4.69, 9.17) is 21.1 Å². The van der Waals surface area contributed by atoms with Crippen molar-refractivity contribution in [3.63, 3.8) is 0 Å². The zero-order valence-corrected chi connectivity index (χ0v) is 15.1. The van der Waals surface area contributed by atoms with E-state index >= 15 is 0 Å². The van der Waals surface area contributed by atoms with E-state index < -0.39 is 0 Å². The largest absolute Gasteiger partial charge is 0.506 e. The summed E-state index contributed by atoms with van der Waals surface area (Å²) in [5.74, 6) is -0.356. The van der Waals surface area contributed by atoms with Gasteiger partial charge in [-0.2, -0.15) is 0 Å². The Bertz CT molecular complexity index is 623. The molecule has 2 atom stereocenters. The van der Waals surface area contributed by atoms with E-state index in [0.29, 0.717) is 25.2 Å². The summed E-state index contributed by atoms with van der Waals surface area (Å²) in [6.45, 7) is 0.835. The molecule has 1 saturated heterocycles.